The van der Waals surface area contributed by atoms with Crippen LogP contribution >= 0.6 is 0 Å². The van der Waals surface area contributed by atoms with Crippen molar-refractivity contribution in [2.45, 2.75) is 97.9 Å². The number of hydrogen-bond donors (Lipinski definition) is 0. The summed E-state index contributed by atoms with van der Waals surface area (Å²) in [6.45, 7) is 15.8. The number of para-hydroxylation sites is 1. The third-order valence-corrected chi connectivity index (χ3v) is 9.54. The van der Waals surface area contributed by atoms with Gasteiger partial charge in [-0.3, -0.25) is 0 Å². The summed E-state index contributed by atoms with van der Waals surface area (Å²) in [6, 6.07) is 20.2. The minimum Gasteiger partial charge on any atom is -0.671 e. The van der Waals surface area contributed by atoms with E-state index in [9.17, 15) is 0 Å². The molecular formula is C45H64HfN6-4. The van der Waals surface area contributed by atoms with Crippen LogP contribution in [0.15, 0.2) is 66.4 Å². The molecule has 0 saturated heterocycles. The molecule has 6 rings (SSSR count). The predicted octanol–water partition coefficient (Wildman–Crippen LogP) is 12.7. The van der Waals surface area contributed by atoms with Crippen LogP contribution in [0, 0.1) is 20.8 Å². The van der Waals surface area contributed by atoms with E-state index in [0.717, 1.165) is 17.2 Å². The zero-order chi connectivity index (χ0) is 37.8. The Bertz CT molecular complexity index is 1680. The van der Waals surface area contributed by atoms with E-state index < -0.39 is 0 Å². The molecular weight excluding hydrogens is 803 g/mol. The Morgan fingerprint density at radius 1 is 0.731 bits per heavy atom. The smallest absolute Gasteiger partial charge is 0.0980 e. The van der Waals surface area contributed by atoms with Crippen molar-refractivity contribution in [3.63, 3.8) is 0 Å². The number of nitrogens with zero attached hydrogens (tertiary/aromatic N) is 6. The van der Waals surface area contributed by atoms with Crippen LogP contribution in [0.1, 0.15) is 133 Å². The van der Waals surface area contributed by atoms with Crippen LogP contribution in [0.4, 0.5) is 5.69 Å². The zero-order valence-corrected chi connectivity index (χ0v) is 38.2. The number of fused-ring (bicyclic) bond motifs is 2. The minimum absolute atomic E-state index is 0. The first-order chi connectivity index (χ1) is 24.4. The second-order valence-corrected chi connectivity index (χ2v) is 14.6. The van der Waals surface area contributed by atoms with E-state index in [4.69, 9.17) is 10.3 Å². The maximum atomic E-state index is 5.72. The van der Waals surface area contributed by atoms with Crippen molar-refractivity contribution in [1.82, 2.24) is 9.55 Å². The van der Waals surface area contributed by atoms with Gasteiger partial charge in [0, 0.05) is 45.0 Å². The van der Waals surface area contributed by atoms with Crippen molar-refractivity contribution < 1.29 is 25.8 Å². The number of benzene rings is 3. The Kier molecular flexibility index (Phi) is 19.0. The molecule has 0 aliphatic heterocycles. The summed E-state index contributed by atoms with van der Waals surface area (Å²) in [7, 11) is 12.7. The average molecular weight is 868 g/mol. The second-order valence-electron chi connectivity index (χ2n) is 14.6. The molecule has 2 atom stereocenters. The summed E-state index contributed by atoms with van der Waals surface area (Å²) in [4.78, 5) is 5.54. The molecule has 2 aliphatic rings. The molecule has 6 nitrogen and oxygen atoms in total. The van der Waals surface area contributed by atoms with Crippen LogP contribution in [0.5, 0.6) is 0 Å². The normalized spacial score (nSPS) is 14.9. The van der Waals surface area contributed by atoms with E-state index >= 15 is 0 Å². The largest absolute Gasteiger partial charge is 0.671 e. The number of rotatable bonds is 7. The van der Waals surface area contributed by atoms with Gasteiger partial charge in [0.1, 0.15) is 0 Å². The third-order valence-electron chi connectivity index (χ3n) is 9.54. The van der Waals surface area contributed by atoms with Crippen LogP contribution in [0.3, 0.4) is 0 Å². The molecule has 7 heteroatoms. The first-order valence-electron chi connectivity index (χ1n) is 18.6. The fourth-order valence-electron chi connectivity index (χ4n) is 7.67. The van der Waals surface area contributed by atoms with Gasteiger partial charge < -0.3 is 25.8 Å². The Hall–Kier alpha value is -2.84. The molecule has 0 N–H and O–H groups in total. The second kappa shape index (κ2) is 21.8. The van der Waals surface area contributed by atoms with Gasteiger partial charge >= 0.3 is 0 Å². The number of allylic oxidation sites excluding steroid dienone is 2. The molecule has 2 aliphatic carbocycles. The van der Waals surface area contributed by atoms with Crippen LogP contribution in [-0.4, -0.2) is 51.8 Å². The maximum Gasteiger partial charge on any atom is 0.0980 e. The van der Waals surface area contributed by atoms with Crippen molar-refractivity contribution >= 4 is 11.3 Å². The van der Waals surface area contributed by atoms with Gasteiger partial charge in [-0.25, -0.2) is 4.98 Å². The molecule has 52 heavy (non-hydrogen) atoms. The SMILES string of the molecule is C[N-]C.C[N-]C.C[N-]C.Cc1cc(C)c(C([N-]c2c(C(C)C)cccc2C(C)C)c2nc(C3C4=C(CCCC4)c4ccccc43)cn2C)c(C)c1.[Hf]. The Morgan fingerprint density at radius 3 is 1.79 bits per heavy atom. The summed E-state index contributed by atoms with van der Waals surface area (Å²) in [5, 5.41) is 16.2. The van der Waals surface area contributed by atoms with Gasteiger partial charge in [0.15, 0.2) is 0 Å². The monoisotopic (exact) mass is 868 g/mol. The molecule has 4 aromatic rings. The molecule has 0 amide bonds. The molecule has 0 radical (unpaired) electrons. The standard InChI is InChI=1S/C39H46N3.3C2H6N.Hf/c1-23(2)28-18-13-19-29(24(3)4)37(28)41-38(35-26(6)20-25(5)21-27(35)7)39-40-34(22-42(39)8)36-32-16-11-9-14-30(32)31-15-10-12-17-33(31)36;3*1-3-2;/h9,11,13-14,16,18-24,36,38H,10,12,15,17H2,1-8H3;3*1-2H3;/q4*-1;. The van der Waals surface area contributed by atoms with E-state index in [-0.39, 0.29) is 37.8 Å². The van der Waals surface area contributed by atoms with E-state index in [1.165, 1.54) is 70.2 Å². The van der Waals surface area contributed by atoms with E-state index in [1.807, 2.05) is 0 Å². The first kappa shape index (κ1) is 45.3. The van der Waals surface area contributed by atoms with Crippen LogP contribution in [0.25, 0.3) is 26.8 Å². The first-order valence-corrected chi connectivity index (χ1v) is 18.6. The fraction of sp³-hybridized carbons (Fsp3) is 0.489. The Morgan fingerprint density at radius 2 is 1.25 bits per heavy atom. The van der Waals surface area contributed by atoms with E-state index in [1.54, 1.807) is 53.4 Å². The quantitative estimate of drug-likeness (QED) is 0.171. The van der Waals surface area contributed by atoms with E-state index in [2.05, 4.69) is 137 Å². The summed E-state index contributed by atoms with van der Waals surface area (Å²) in [5.74, 6) is 2.03. The number of aryl methyl sites for hydroxylation is 4. The van der Waals surface area contributed by atoms with Crippen molar-refractivity contribution in [1.29, 1.82) is 0 Å². The third kappa shape index (κ3) is 10.6. The number of imidazole rings is 1. The van der Waals surface area contributed by atoms with Gasteiger partial charge in [-0.15, -0.1) is 5.69 Å². The van der Waals surface area contributed by atoms with E-state index in [0.29, 0.717) is 11.8 Å². The van der Waals surface area contributed by atoms with Crippen LogP contribution < -0.4 is 0 Å². The molecule has 0 fully saturated rings. The summed E-state index contributed by atoms with van der Waals surface area (Å²) >= 11 is 0. The molecule has 2 unspecified atom stereocenters. The number of hydrogen-bond acceptors (Lipinski definition) is 1. The maximum absolute atomic E-state index is 5.72. The Balaban J connectivity index is 0.000000852. The molecule has 282 valence electrons. The molecule has 0 saturated carbocycles. The Labute approximate surface area is 335 Å². The van der Waals surface area contributed by atoms with Gasteiger partial charge in [-0.1, -0.05) is 105 Å². The molecule has 3 aromatic carbocycles. The molecule has 1 aromatic heterocycles. The van der Waals surface area contributed by atoms with Crippen LogP contribution in [0.2, 0.25) is 0 Å². The average Bonchev–Trinajstić information content (AvgIpc) is 3.62. The van der Waals surface area contributed by atoms with Gasteiger partial charge in [-0.2, -0.15) is 42.3 Å². The predicted molar refractivity (Wildman–Crippen MR) is 223 cm³/mol. The van der Waals surface area contributed by atoms with Crippen LogP contribution in [-0.2, 0) is 32.9 Å². The fourth-order valence-corrected chi connectivity index (χ4v) is 7.67. The van der Waals surface area contributed by atoms with Gasteiger partial charge in [0.25, 0.3) is 0 Å². The van der Waals surface area contributed by atoms with Gasteiger partial charge in [0.05, 0.1) is 11.5 Å². The van der Waals surface area contributed by atoms with Crippen molar-refractivity contribution in [2.75, 3.05) is 42.3 Å². The zero-order valence-electron chi connectivity index (χ0n) is 34.6. The number of aromatic nitrogens is 2. The van der Waals surface area contributed by atoms with Crippen molar-refractivity contribution in [2.24, 2.45) is 7.05 Å². The molecule has 0 spiro atoms. The molecule has 0 bridgehead atoms. The van der Waals surface area contributed by atoms with Crippen molar-refractivity contribution in [3.05, 3.63) is 144 Å². The molecule has 1 heterocycles. The van der Waals surface area contributed by atoms with Crippen molar-refractivity contribution in [3.8, 4) is 0 Å². The topological polar surface area (TPSA) is 74.2 Å². The van der Waals surface area contributed by atoms with Gasteiger partial charge in [-0.05, 0) is 97.7 Å². The summed E-state index contributed by atoms with van der Waals surface area (Å²) in [5.41, 5.74) is 16.1. The summed E-state index contributed by atoms with van der Waals surface area (Å²) < 4.78 is 2.26. The summed E-state index contributed by atoms with van der Waals surface area (Å²) in [6.07, 6.45) is 7.21. The van der Waals surface area contributed by atoms with Gasteiger partial charge in [0.2, 0.25) is 0 Å². The minimum atomic E-state index is -0.196.